The monoisotopic (exact) mass is 279 g/mol. The quantitative estimate of drug-likeness (QED) is 0.502. The summed E-state index contributed by atoms with van der Waals surface area (Å²) >= 11 is 0. The summed E-state index contributed by atoms with van der Waals surface area (Å²) in [5.41, 5.74) is 5.28. The average molecular weight is 279 g/mol. The summed E-state index contributed by atoms with van der Waals surface area (Å²) in [6.07, 6.45) is 5.01. The zero-order chi connectivity index (χ0) is 13.6. The summed E-state index contributed by atoms with van der Waals surface area (Å²) in [6.45, 7) is 0.0233. The van der Waals surface area contributed by atoms with Crippen LogP contribution in [0.3, 0.4) is 0 Å². The summed E-state index contributed by atoms with van der Waals surface area (Å²) < 4.78 is 28.2. The molecule has 1 saturated carbocycles. The van der Waals surface area contributed by atoms with E-state index in [9.17, 15) is 13.2 Å². The molecule has 0 heterocycles. The molecule has 0 aromatic carbocycles. The van der Waals surface area contributed by atoms with Crippen molar-refractivity contribution in [3.8, 4) is 0 Å². The maximum Gasteiger partial charge on any atom is 0.320 e. The Hall–Kier alpha value is -0.700. The lowest BCUT2D eigenvalue weighted by atomic mass is 9.96. The van der Waals surface area contributed by atoms with Gasteiger partial charge in [-0.1, -0.05) is 19.3 Å². The minimum Gasteiger partial charge on any atom is -0.480 e. The molecule has 1 aliphatic carbocycles. The zero-order valence-corrected chi connectivity index (χ0v) is 11.1. The number of carbonyl (C=O) groups is 1. The van der Waals surface area contributed by atoms with Crippen LogP contribution in [0.25, 0.3) is 0 Å². The van der Waals surface area contributed by atoms with Crippen LogP contribution < -0.4 is 15.2 Å². The topological polar surface area (TPSA) is 122 Å². The van der Waals surface area contributed by atoms with E-state index >= 15 is 0 Å². The van der Waals surface area contributed by atoms with E-state index in [1.807, 2.05) is 0 Å². The van der Waals surface area contributed by atoms with Gasteiger partial charge in [0.25, 0.3) is 10.2 Å². The third-order valence-corrected chi connectivity index (χ3v) is 4.22. The highest BCUT2D eigenvalue weighted by Crippen LogP contribution is 2.17. The number of carboxylic acid groups (broad SMARTS) is 1. The summed E-state index contributed by atoms with van der Waals surface area (Å²) in [4.78, 5) is 10.5. The van der Waals surface area contributed by atoms with Crippen molar-refractivity contribution in [2.45, 2.75) is 50.6 Å². The van der Waals surface area contributed by atoms with E-state index in [0.717, 1.165) is 32.1 Å². The van der Waals surface area contributed by atoms with Gasteiger partial charge in [-0.2, -0.15) is 13.1 Å². The Morgan fingerprint density at radius 2 is 1.94 bits per heavy atom. The number of aliphatic carboxylic acids is 1. The van der Waals surface area contributed by atoms with Gasteiger partial charge in [0.15, 0.2) is 0 Å². The van der Waals surface area contributed by atoms with Crippen LogP contribution >= 0.6 is 0 Å². The van der Waals surface area contributed by atoms with E-state index in [2.05, 4.69) is 9.44 Å². The Bertz CT molecular complexity index is 365. The third kappa shape index (κ3) is 5.76. The van der Waals surface area contributed by atoms with Crippen molar-refractivity contribution in [2.75, 3.05) is 6.54 Å². The number of rotatable bonds is 7. The number of carboxylic acids is 1. The molecule has 5 N–H and O–H groups in total. The molecule has 0 aliphatic heterocycles. The molecular formula is C10H21N3O4S. The van der Waals surface area contributed by atoms with E-state index in [0.29, 0.717) is 0 Å². The van der Waals surface area contributed by atoms with Gasteiger partial charge in [-0.05, 0) is 19.3 Å². The molecule has 106 valence electrons. The Kier molecular flexibility index (Phi) is 6.00. The normalized spacial score (nSPS) is 19.6. The molecule has 1 atom stereocenters. The Morgan fingerprint density at radius 1 is 1.33 bits per heavy atom. The Morgan fingerprint density at radius 3 is 2.50 bits per heavy atom. The third-order valence-electron chi connectivity index (χ3n) is 2.99. The van der Waals surface area contributed by atoms with Crippen LogP contribution in [-0.2, 0) is 15.0 Å². The first-order valence-electron chi connectivity index (χ1n) is 6.16. The van der Waals surface area contributed by atoms with Gasteiger partial charge in [0.2, 0.25) is 0 Å². The smallest absolute Gasteiger partial charge is 0.320 e. The highest BCUT2D eigenvalue weighted by molar-refractivity contribution is 7.87. The van der Waals surface area contributed by atoms with Gasteiger partial charge in [-0.25, -0.2) is 4.72 Å². The van der Waals surface area contributed by atoms with Crippen LogP contribution in [0.15, 0.2) is 0 Å². The molecular weight excluding hydrogens is 258 g/mol. The maximum absolute atomic E-state index is 11.6. The van der Waals surface area contributed by atoms with Crippen LogP contribution in [0.1, 0.15) is 38.5 Å². The number of nitrogens with one attached hydrogen (secondary N) is 2. The van der Waals surface area contributed by atoms with E-state index in [4.69, 9.17) is 10.8 Å². The SMILES string of the molecule is NC(CCNS(=O)(=O)NC1CCCCC1)C(=O)O. The second-order valence-corrected chi connectivity index (χ2v) is 6.12. The molecule has 0 saturated heterocycles. The lowest BCUT2D eigenvalue weighted by molar-refractivity contribution is -0.138. The number of hydrogen-bond acceptors (Lipinski definition) is 4. The van der Waals surface area contributed by atoms with Crippen molar-refractivity contribution >= 4 is 16.2 Å². The maximum atomic E-state index is 11.6. The highest BCUT2D eigenvalue weighted by Gasteiger charge is 2.20. The lowest BCUT2D eigenvalue weighted by Crippen LogP contribution is -2.45. The molecule has 7 nitrogen and oxygen atoms in total. The Labute approximate surface area is 107 Å². The highest BCUT2D eigenvalue weighted by atomic mass is 32.2. The lowest BCUT2D eigenvalue weighted by Gasteiger charge is -2.22. The van der Waals surface area contributed by atoms with E-state index in [-0.39, 0.29) is 19.0 Å². The average Bonchev–Trinajstić information content (AvgIpc) is 2.29. The summed E-state index contributed by atoms with van der Waals surface area (Å²) in [7, 11) is -3.55. The van der Waals surface area contributed by atoms with Crippen molar-refractivity contribution in [2.24, 2.45) is 5.73 Å². The second-order valence-electron chi connectivity index (χ2n) is 4.58. The standard InChI is InChI=1S/C10H21N3O4S/c11-9(10(14)15)6-7-12-18(16,17)13-8-4-2-1-3-5-8/h8-9,12-13H,1-7,11H2,(H,14,15). The molecule has 0 spiro atoms. The summed E-state index contributed by atoms with van der Waals surface area (Å²) in [5.74, 6) is -1.13. The molecule has 18 heavy (non-hydrogen) atoms. The van der Waals surface area contributed by atoms with Gasteiger partial charge in [0.05, 0.1) is 0 Å². The van der Waals surface area contributed by atoms with Crippen LogP contribution in [-0.4, -0.2) is 38.1 Å². The minimum atomic E-state index is -3.55. The fourth-order valence-corrected chi connectivity index (χ4v) is 3.10. The molecule has 1 unspecified atom stereocenters. The van der Waals surface area contributed by atoms with Crippen LogP contribution in [0.4, 0.5) is 0 Å². The zero-order valence-electron chi connectivity index (χ0n) is 10.3. The largest absolute Gasteiger partial charge is 0.480 e. The predicted molar refractivity (Wildman–Crippen MR) is 67.2 cm³/mol. The second kappa shape index (κ2) is 7.03. The van der Waals surface area contributed by atoms with Crippen molar-refractivity contribution in [1.82, 2.24) is 9.44 Å². The summed E-state index contributed by atoms with van der Waals surface area (Å²) in [5, 5.41) is 8.55. The molecule has 8 heteroatoms. The van der Waals surface area contributed by atoms with E-state index in [1.54, 1.807) is 0 Å². The number of nitrogens with two attached hydrogens (primary N) is 1. The van der Waals surface area contributed by atoms with E-state index < -0.39 is 22.2 Å². The first-order chi connectivity index (χ1) is 8.41. The van der Waals surface area contributed by atoms with Gasteiger partial charge >= 0.3 is 5.97 Å². The van der Waals surface area contributed by atoms with Crippen molar-refractivity contribution in [1.29, 1.82) is 0 Å². The number of hydrogen-bond donors (Lipinski definition) is 4. The van der Waals surface area contributed by atoms with Gasteiger partial charge in [0.1, 0.15) is 6.04 Å². The fourth-order valence-electron chi connectivity index (χ4n) is 1.95. The van der Waals surface area contributed by atoms with Gasteiger partial charge in [0, 0.05) is 12.6 Å². The van der Waals surface area contributed by atoms with E-state index in [1.165, 1.54) is 0 Å². The molecule has 0 aromatic heterocycles. The van der Waals surface area contributed by atoms with Crippen molar-refractivity contribution in [3.05, 3.63) is 0 Å². The predicted octanol–water partition coefficient (Wildman–Crippen LogP) is -0.455. The van der Waals surface area contributed by atoms with Crippen LogP contribution in [0.5, 0.6) is 0 Å². The first-order valence-corrected chi connectivity index (χ1v) is 7.64. The molecule has 0 radical (unpaired) electrons. The van der Waals surface area contributed by atoms with Gasteiger partial charge < -0.3 is 10.8 Å². The molecule has 0 bridgehead atoms. The van der Waals surface area contributed by atoms with Crippen LogP contribution in [0.2, 0.25) is 0 Å². The molecule has 1 aliphatic rings. The van der Waals surface area contributed by atoms with Crippen molar-refractivity contribution in [3.63, 3.8) is 0 Å². The van der Waals surface area contributed by atoms with Gasteiger partial charge in [-0.15, -0.1) is 0 Å². The molecule has 1 fully saturated rings. The molecule has 0 aromatic rings. The molecule has 1 rings (SSSR count). The van der Waals surface area contributed by atoms with Gasteiger partial charge in [-0.3, -0.25) is 4.79 Å². The fraction of sp³-hybridized carbons (Fsp3) is 0.900. The molecule has 0 amide bonds. The van der Waals surface area contributed by atoms with Crippen molar-refractivity contribution < 1.29 is 18.3 Å². The Balaban J connectivity index is 2.28. The van der Waals surface area contributed by atoms with Crippen LogP contribution in [0, 0.1) is 0 Å². The summed E-state index contributed by atoms with van der Waals surface area (Å²) in [6, 6.07) is -1.05. The first kappa shape index (κ1) is 15.4. The minimum absolute atomic E-state index is 0.00982.